The van der Waals surface area contributed by atoms with Crippen molar-refractivity contribution in [3.63, 3.8) is 0 Å². The van der Waals surface area contributed by atoms with E-state index in [2.05, 4.69) is 41.3 Å². The number of hydrogen-bond donors (Lipinski definition) is 1. The number of aliphatic carboxylic acids is 1. The molecule has 3 aromatic rings. The van der Waals surface area contributed by atoms with E-state index in [1.54, 1.807) is 0 Å². The molecule has 0 bridgehead atoms. The quantitative estimate of drug-likeness (QED) is 0.475. The van der Waals surface area contributed by atoms with E-state index < -0.39 is 18.1 Å². The van der Waals surface area contributed by atoms with Gasteiger partial charge in [-0.3, -0.25) is 23.9 Å². The molecule has 2 aliphatic heterocycles. The Hall–Kier alpha value is -3.21. The Kier molecular flexibility index (Phi) is 6.49. The van der Waals surface area contributed by atoms with Crippen molar-refractivity contribution in [1.29, 1.82) is 0 Å². The van der Waals surface area contributed by atoms with E-state index in [0.29, 0.717) is 36.9 Å². The number of anilines is 2. The Bertz CT molecular complexity index is 1660. The average Bonchev–Trinajstić information content (AvgIpc) is 3.63. The number of rotatable bonds is 5. The van der Waals surface area contributed by atoms with Gasteiger partial charge in [0, 0.05) is 29.9 Å². The number of fused-ring (bicyclic) bond motifs is 3. The Morgan fingerprint density at radius 3 is 2.66 bits per heavy atom. The summed E-state index contributed by atoms with van der Waals surface area (Å²) in [6.45, 7) is 1.72. The second-order valence-electron chi connectivity index (χ2n) is 9.58. The molecule has 6 rings (SSSR count). The smallest absolute Gasteiger partial charge is 0.323 e. The third kappa shape index (κ3) is 4.11. The molecule has 194 valence electrons. The van der Waals surface area contributed by atoms with E-state index in [1.807, 2.05) is 25.1 Å². The third-order valence-electron chi connectivity index (χ3n) is 7.41. The van der Waals surface area contributed by atoms with Crippen LogP contribution in [0.3, 0.4) is 0 Å². The number of nitrogens with zero attached hydrogens (tertiary/aromatic N) is 3. The number of thioether (sulfide) groups is 1. The first-order valence-electron chi connectivity index (χ1n) is 12.6. The Labute approximate surface area is 232 Å². The van der Waals surface area contributed by atoms with E-state index >= 15 is 0 Å². The van der Waals surface area contributed by atoms with Crippen molar-refractivity contribution < 1.29 is 14.7 Å². The van der Waals surface area contributed by atoms with Gasteiger partial charge in [-0.2, -0.15) is 0 Å². The van der Waals surface area contributed by atoms with Crippen LogP contribution >= 0.6 is 35.3 Å². The number of carboxylic acids is 1. The fourth-order valence-corrected chi connectivity index (χ4v) is 8.45. The molecule has 0 spiro atoms. The van der Waals surface area contributed by atoms with E-state index in [0.717, 1.165) is 41.5 Å². The summed E-state index contributed by atoms with van der Waals surface area (Å²) in [6, 6.07) is 17.2. The zero-order valence-corrected chi connectivity index (χ0v) is 23.1. The highest BCUT2D eigenvalue weighted by Crippen LogP contribution is 2.52. The lowest BCUT2D eigenvalue weighted by Crippen LogP contribution is -2.35. The van der Waals surface area contributed by atoms with E-state index in [-0.39, 0.29) is 5.91 Å². The van der Waals surface area contributed by atoms with Gasteiger partial charge < -0.3 is 10.0 Å². The molecule has 3 heterocycles. The summed E-state index contributed by atoms with van der Waals surface area (Å²) in [4.78, 5) is 42.1. The molecule has 10 heteroatoms. The second-order valence-corrected chi connectivity index (χ2v) is 12.3. The molecule has 2 aromatic carbocycles. The van der Waals surface area contributed by atoms with Crippen LogP contribution < -0.4 is 19.7 Å². The molecule has 1 amide bonds. The highest BCUT2D eigenvalue weighted by atomic mass is 32.2. The van der Waals surface area contributed by atoms with Gasteiger partial charge in [0.15, 0.2) is 0 Å². The lowest BCUT2D eigenvalue weighted by atomic mass is 9.96. The second kappa shape index (κ2) is 9.83. The topological polar surface area (TPSA) is 82.9 Å². The van der Waals surface area contributed by atoms with Crippen molar-refractivity contribution in [2.24, 2.45) is 0 Å². The number of thiocarbonyl (C=S) groups is 1. The molecule has 1 saturated heterocycles. The van der Waals surface area contributed by atoms with Gasteiger partial charge in [0.2, 0.25) is 0 Å². The normalized spacial score (nSPS) is 22.4. The van der Waals surface area contributed by atoms with Crippen LogP contribution in [0.15, 0.2) is 53.3 Å². The SMILES string of the molecule is CCN1C(=O)/C(=c2\s/c(=C/c3ccc4c(c3)C3CCCC3N4c3ccccc3)c(=O)n2CC(=O)O)SC1=S. The lowest BCUT2D eigenvalue weighted by molar-refractivity contribution is -0.137. The molecule has 2 atom stereocenters. The molecular formula is C28H25N3O4S3. The standard InChI is InChI=1S/C28H25N3O4S3/c1-2-29-26(35)24(38-28(29)36)27-30(15-23(32)33)25(34)22(37-27)14-16-11-12-21-19(13-16)18-9-6-10-20(18)31(21)17-7-4-3-5-8-17/h3-5,7-8,11-14,18,20H,2,6,9-10,15H2,1H3,(H,32,33)/b22-14+,27-24+. The zero-order valence-electron chi connectivity index (χ0n) is 20.6. The highest BCUT2D eigenvalue weighted by Gasteiger charge is 2.42. The molecule has 1 aliphatic carbocycles. The maximum absolute atomic E-state index is 13.4. The van der Waals surface area contributed by atoms with Gasteiger partial charge in [0.05, 0.1) is 4.53 Å². The van der Waals surface area contributed by atoms with Crippen molar-refractivity contribution in [2.75, 3.05) is 11.4 Å². The summed E-state index contributed by atoms with van der Waals surface area (Å²) in [7, 11) is 0. The molecule has 7 nitrogen and oxygen atoms in total. The molecule has 0 radical (unpaired) electrons. The van der Waals surface area contributed by atoms with Gasteiger partial charge in [0.1, 0.15) is 20.4 Å². The van der Waals surface area contributed by atoms with Crippen molar-refractivity contribution in [2.45, 2.75) is 44.7 Å². The van der Waals surface area contributed by atoms with Crippen LogP contribution in [0.4, 0.5) is 11.4 Å². The molecule has 38 heavy (non-hydrogen) atoms. The summed E-state index contributed by atoms with van der Waals surface area (Å²) < 4.78 is 2.32. The van der Waals surface area contributed by atoms with Crippen molar-refractivity contribution in [1.82, 2.24) is 9.47 Å². The van der Waals surface area contributed by atoms with Gasteiger partial charge >= 0.3 is 5.97 Å². The predicted octanol–water partition coefficient (Wildman–Crippen LogP) is 3.60. The number of carbonyl (C=O) groups excluding carboxylic acids is 1. The molecule has 3 aliphatic rings. The van der Waals surface area contributed by atoms with Crippen LogP contribution in [0.25, 0.3) is 11.0 Å². The first kappa shape index (κ1) is 25.1. The van der Waals surface area contributed by atoms with Crippen LogP contribution in [0, 0.1) is 0 Å². The molecule has 2 fully saturated rings. The highest BCUT2D eigenvalue weighted by molar-refractivity contribution is 8.30. The van der Waals surface area contributed by atoms with Gasteiger partial charge in [-0.1, -0.05) is 54.7 Å². The van der Waals surface area contributed by atoms with Gasteiger partial charge in [-0.05, 0) is 61.2 Å². The Morgan fingerprint density at radius 2 is 1.95 bits per heavy atom. The number of amides is 1. The number of hydrogen-bond acceptors (Lipinski definition) is 7. The van der Waals surface area contributed by atoms with Gasteiger partial charge in [-0.25, -0.2) is 0 Å². The van der Waals surface area contributed by atoms with Gasteiger partial charge in [-0.15, -0.1) is 11.3 Å². The predicted molar refractivity (Wildman–Crippen MR) is 155 cm³/mol. The van der Waals surface area contributed by atoms with E-state index in [1.165, 1.54) is 32.8 Å². The first-order valence-corrected chi connectivity index (χ1v) is 14.6. The fraction of sp³-hybridized carbons (Fsp3) is 0.286. The number of benzene rings is 2. The number of para-hydroxylation sites is 1. The minimum absolute atomic E-state index is 0.291. The van der Waals surface area contributed by atoms with Crippen LogP contribution in [-0.2, 0) is 16.1 Å². The summed E-state index contributed by atoms with van der Waals surface area (Å²) in [6.07, 6.45) is 5.26. The van der Waals surface area contributed by atoms with Crippen molar-refractivity contribution in [3.8, 4) is 0 Å². The number of carbonyl (C=O) groups is 2. The van der Waals surface area contributed by atoms with Crippen LogP contribution in [0.5, 0.6) is 0 Å². The summed E-state index contributed by atoms with van der Waals surface area (Å²) in [5.41, 5.74) is 4.15. The first-order chi connectivity index (χ1) is 18.4. The van der Waals surface area contributed by atoms with Crippen LogP contribution in [0.2, 0.25) is 0 Å². The monoisotopic (exact) mass is 563 g/mol. The Balaban J connectivity index is 1.47. The fourth-order valence-electron chi connectivity index (χ4n) is 5.81. The van der Waals surface area contributed by atoms with Crippen LogP contribution in [0.1, 0.15) is 43.2 Å². The summed E-state index contributed by atoms with van der Waals surface area (Å²) in [5, 5.41) is 9.48. The summed E-state index contributed by atoms with van der Waals surface area (Å²) in [5.74, 6) is -1.00. The van der Waals surface area contributed by atoms with E-state index in [9.17, 15) is 19.5 Å². The minimum Gasteiger partial charge on any atom is -0.480 e. The average molecular weight is 564 g/mol. The van der Waals surface area contributed by atoms with Crippen LogP contribution in [-0.4, -0.2) is 43.4 Å². The third-order valence-corrected chi connectivity index (χ3v) is 10.1. The minimum atomic E-state index is -1.14. The van der Waals surface area contributed by atoms with Crippen molar-refractivity contribution in [3.05, 3.63) is 79.2 Å². The number of carboxylic acid groups (broad SMARTS) is 1. The molecular weight excluding hydrogens is 539 g/mol. The van der Waals surface area contributed by atoms with Crippen molar-refractivity contribution >= 4 is 73.9 Å². The maximum Gasteiger partial charge on any atom is 0.323 e. The molecule has 2 unspecified atom stereocenters. The summed E-state index contributed by atoms with van der Waals surface area (Å²) >= 11 is 7.60. The number of thiazole rings is 1. The molecule has 1 aromatic heterocycles. The maximum atomic E-state index is 13.4. The van der Waals surface area contributed by atoms with Gasteiger partial charge in [0.25, 0.3) is 11.5 Å². The largest absolute Gasteiger partial charge is 0.480 e. The van der Waals surface area contributed by atoms with E-state index in [4.69, 9.17) is 12.2 Å². The zero-order chi connectivity index (χ0) is 26.6. The lowest BCUT2D eigenvalue weighted by Gasteiger charge is -2.27. The number of aromatic nitrogens is 1. The Morgan fingerprint density at radius 1 is 1.16 bits per heavy atom. The molecule has 1 N–H and O–H groups in total. The molecule has 1 saturated carbocycles.